The topological polar surface area (TPSA) is 66.0 Å². The minimum absolute atomic E-state index is 0.0286. The molecule has 4 heteroatoms. The molecule has 0 fully saturated rings. The van der Waals surface area contributed by atoms with E-state index in [0.717, 1.165) is 22.3 Å². The lowest BCUT2D eigenvalue weighted by Gasteiger charge is -2.22. The van der Waals surface area contributed by atoms with Gasteiger partial charge in [-0.3, -0.25) is 0 Å². The van der Waals surface area contributed by atoms with Crippen LogP contribution in [0, 0.1) is 23.0 Å². The smallest absolute Gasteiger partial charge is 0.292 e. The van der Waals surface area contributed by atoms with Gasteiger partial charge in [-0.05, 0) is 34.1 Å². The van der Waals surface area contributed by atoms with E-state index in [4.69, 9.17) is 20.0 Å². The molecule has 0 unspecified atom stereocenters. The maximum absolute atomic E-state index is 8.99. The summed E-state index contributed by atoms with van der Waals surface area (Å²) in [5.74, 6) is 1.05. The minimum Gasteiger partial charge on any atom is -0.388 e. The molecule has 0 bridgehead atoms. The first-order valence-electron chi connectivity index (χ1n) is 8.95. The van der Waals surface area contributed by atoms with Crippen LogP contribution in [0.2, 0.25) is 0 Å². The van der Waals surface area contributed by atoms with Gasteiger partial charge in [0.1, 0.15) is 11.5 Å². The summed E-state index contributed by atoms with van der Waals surface area (Å²) < 4.78 is 10.3. The predicted molar refractivity (Wildman–Crippen MR) is 106 cm³/mol. The molecule has 2 aromatic carbocycles. The van der Waals surface area contributed by atoms with E-state index in [9.17, 15) is 0 Å². The first-order chi connectivity index (χ1) is 12.6. The molecule has 0 radical (unpaired) electrons. The molecule has 2 aromatic rings. The average Bonchev–Trinajstić information content (AvgIpc) is 2.56. The molecular weight excluding hydrogens is 336 g/mol. The SMILES string of the molecule is CC(C)(C)c1ccc(OC#N)c(Cc2cc(C(C)(C)C)ccc2OC#N)c1. The molecule has 0 saturated heterocycles. The van der Waals surface area contributed by atoms with Gasteiger partial charge in [-0.25, -0.2) is 0 Å². The minimum atomic E-state index is -0.0286. The van der Waals surface area contributed by atoms with Crippen LogP contribution in [0.3, 0.4) is 0 Å². The van der Waals surface area contributed by atoms with Crippen molar-refractivity contribution >= 4 is 0 Å². The number of hydrogen-bond acceptors (Lipinski definition) is 4. The van der Waals surface area contributed by atoms with Crippen molar-refractivity contribution in [3.05, 3.63) is 58.7 Å². The van der Waals surface area contributed by atoms with Crippen LogP contribution in [0.5, 0.6) is 11.5 Å². The van der Waals surface area contributed by atoms with Gasteiger partial charge >= 0.3 is 0 Å². The fourth-order valence-corrected chi connectivity index (χ4v) is 2.87. The Bertz CT molecular complexity index is 828. The van der Waals surface area contributed by atoms with Crippen LogP contribution in [0.1, 0.15) is 63.8 Å². The molecule has 0 amide bonds. The molecule has 0 aliphatic carbocycles. The summed E-state index contributed by atoms with van der Waals surface area (Å²) >= 11 is 0. The summed E-state index contributed by atoms with van der Waals surface area (Å²) in [5, 5.41) is 18.0. The van der Waals surface area contributed by atoms with Gasteiger partial charge in [-0.2, -0.15) is 0 Å². The lowest BCUT2D eigenvalue weighted by molar-refractivity contribution is 0.492. The Balaban J connectivity index is 2.57. The lowest BCUT2D eigenvalue weighted by atomic mass is 9.84. The van der Waals surface area contributed by atoms with E-state index >= 15 is 0 Å². The Labute approximate surface area is 162 Å². The molecular formula is C23H26N2O2. The van der Waals surface area contributed by atoms with Crippen molar-refractivity contribution in [1.29, 1.82) is 10.5 Å². The summed E-state index contributed by atoms with van der Waals surface area (Å²) in [7, 11) is 0. The highest BCUT2D eigenvalue weighted by atomic mass is 16.5. The largest absolute Gasteiger partial charge is 0.388 e. The third kappa shape index (κ3) is 5.02. The number of hydrogen-bond donors (Lipinski definition) is 0. The van der Waals surface area contributed by atoms with Gasteiger partial charge in [0.2, 0.25) is 0 Å². The van der Waals surface area contributed by atoms with Gasteiger partial charge in [0.25, 0.3) is 12.5 Å². The summed E-state index contributed by atoms with van der Waals surface area (Å²) in [6, 6.07) is 11.7. The third-order valence-electron chi connectivity index (χ3n) is 4.55. The number of nitriles is 2. The Morgan fingerprint density at radius 2 is 1.07 bits per heavy atom. The van der Waals surface area contributed by atoms with E-state index in [-0.39, 0.29) is 10.8 Å². The van der Waals surface area contributed by atoms with E-state index < -0.39 is 0 Å². The first kappa shape index (κ1) is 20.3. The van der Waals surface area contributed by atoms with Crippen molar-refractivity contribution in [1.82, 2.24) is 0 Å². The number of nitrogens with zero attached hydrogens (tertiary/aromatic N) is 2. The van der Waals surface area contributed by atoms with Crippen LogP contribution in [0.4, 0.5) is 0 Å². The van der Waals surface area contributed by atoms with Crippen molar-refractivity contribution in [2.45, 2.75) is 58.8 Å². The molecule has 0 aliphatic heterocycles. The second-order valence-electron chi connectivity index (χ2n) is 8.71. The van der Waals surface area contributed by atoms with Gasteiger partial charge < -0.3 is 9.47 Å². The summed E-state index contributed by atoms with van der Waals surface area (Å²) in [4.78, 5) is 0. The molecule has 0 aliphatic rings. The molecule has 27 heavy (non-hydrogen) atoms. The summed E-state index contributed by atoms with van der Waals surface area (Å²) in [6.45, 7) is 12.8. The first-order valence-corrected chi connectivity index (χ1v) is 8.95. The van der Waals surface area contributed by atoms with Crippen LogP contribution < -0.4 is 9.47 Å². The molecule has 0 heterocycles. The fourth-order valence-electron chi connectivity index (χ4n) is 2.87. The van der Waals surface area contributed by atoms with Crippen LogP contribution in [0.15, 0.2) is 36.4 Å². The molecule has 4 nitrogen and oxygen atoms in total. The number of ether oxygens (including phenoxy) is 2. The second-order valence-corrected chi connectivity index (χ2v) is 8.71. The Morgan fingerprint density at radius 1 is 0.704 bits per heavy atom. The monoisotopic (exact) mass is 362 g/mol. The van der Waals surface area contributed by atoms with Crippen molar-refractivity contribution in [2.75, 3.05) is 0 Å². The fraction of sp³-hybridized carbons (Fsp3) is 0.391. The van der Waals surface area contributed by atoms with Gasteiger partial charge in [-0.1, -0.05) is 65.8 Å². The van der Waals surface area contributed by atoms with Crippen LogP contribution >= 0.6 is 0 Å². The van der Waals surface area contributed by atoms with E-state index in [2.05, 4.69) is 53.7 Å². The van der Waals surface area contributed by atoms with Gasteiger partial charge in [0.05, 0.1) is 0 Å². The zero-order valence-corrected chi connectivity index (χ0v) is 16.9. The lowest BCUT2D eigenvalue weighted by Crippen LogP contribution is -2.13. The van der Waals surface area contributed by atoms with Crippen molar-refractivity contribution < 1.29 is 9.47 Å². The Morgan fingerprint density at radius 3 is 1.37 bits per heavy atom. The molecule has 0 atom stereocenters. The van der Waals surface area contributed by atoms with Gasteiger partial charge in [-0.15, -0.1) is 10.5 Å². The zero-order chi connectivity index (χ0) is 20.2. The van der Waals surface area contributed by atoms with Crippen molar-refractivity contribution in [2.24, 2.45) is 0 Å². The maximum atomic E-state index is 8.99. The molecule has 0 spiro atoms. The quantitative estimate of drug-likeness (QED) is 0.665. The van der Waals surface area contributed by atoms with Gasteiger partial charge in [0.15, 0.2) is 0 Å². The van der Waals surface area contributed by atoms with E-state index in [1.165, 1.54) is 0 Å². The summed E-state index contributed by atoms with van der Waals surface area (Å²) in [6.07, 6.45) is 4.02. The van der Waals surface area contributed by atoms with Crippen molar-refractivity contribution in [3.63, 3.8) is 0 Å². The zero-order valence-electron chi connectivity index (χ0n) is 16.9. The molecule has 0 aromatic heterocycles. The molecule has 0 saturated carbocycles. The normalized spacial score (nSPS) is 11.4. The Kier molecular flexibility index (Phi) is 5.82. The van der Waals surface area contributed by atoms with Crippen LogP contribution in [0.25, 0.3) is 0 Å². The predicted octanol–water partition coefficient (Wildman–Crippen LogP) is 5.59. The maximum Gasteiger partial charge on any atom is 0.292 e. The highest BCUT2D eigenvalue weighted by molar-refractivity contribution is 5.48. The molecule has 2 rings (SSSR count). The average molecular weight is 362 g/mol. The van der Waals surface area contributed by atoms with Gasteiger partial charge in [0, 0.05) is 17.5 Å². The van der Waals surface area contributed by atoms with Crippen LogP contribution in [-0.4, -0.2) is 0 Å². The highest BCUT2D eigenvalue weighted by Gasteiger charge is 2.20. The molecule has 140 valence electrons. The second kappa shape index (κ2) is 7.72. The number of benzene rings is 2. The standard InChI is InChI=1S/C23H26N2O2/c1-22(2,3)18-7-9-20(26-14-24)16(12-18)11-17-13-19(23(4,5)6)8-10-21(17)27-15-25/h7-10,12-13H,11H2,1-6H3. The highest BCUT2D eigenvalue weighted by Crippen LogP contribution is 2.33. The Hall–Kier alpha value is -2.98. The van der Waals surface area contributed by atoms with Crippen LogP contribution in [-0.2, 0) is 17.3 Å². The summed E-state index contributed by atoms with van der Waals surface area (Å²) in [5.41, 5.74) is 4.02. The van der Waals surface area contributed by atoms with Crippen molar-refractivity contribution in [3.8, 4) is 24.0 Å². The van der Waals surface area contributed by atoms with E-state index in [0.29, 0.717) is 17.9 Å². The van der Waals surface area contributed by atoms with E-state index in [1.807, 2.05) is 24.3 Å². The number of rotatable bonds is 4. The third-order valence-corrected chi connectivity index (χ3v) is 4.55. The molecule has 0 N–H and O–H groups in total. The van der Waals surface area contributed by atoms with E-state index in [1.54, 1.807) is 12.5 Å².